The number of benzene rings is 4. The zero-order chi connectivity index (χ0) is 30.0. The number of nitrogens with zero attached hydrogens (tertiary/aromatic N) is 2. The lowest BCUT2D eigenvalue weighted by molar-refractivity contribution is -0.132. The quantitative estimate of drug-likeness (QED) is 0.116. The molecule has 4 aromatic carbocycles. The van der Waals surface area contributed by atoms with Gasteiger partial charge in [-0.2, -0.15) is 5.26 Å². The Hall–Kier alpha value is -5.18. The predicted molar refractivity (Wildman–Crippen MR) is 180 cm³/mol. The first kappa shape index (κ1) is 27.6. The maximum atomic E-state index is 11.2. The van der Waals surface area contributed by atoms with Gasteiger partial charge in [0.1, 0.15) is 11.6 Å². The van der Waals surface area contributed by atoms with Gasteiger partial charge in [-0.25, -0.2) is 4.79 Å². The fraction of sp³-hybridized carbons (Fsp3) is 0.128. The van der Waals surface area contributed by atoms with E-state index in [-0.39, 0.29) is 5.57 Å². The molecule has 0 bridgehead atoms. The number of anilines is 2. The lowest BCUT2D eigenvalue weighted by Gasteiger charge is -2.27. The summed E-state index contributed by atoms with van der Waals surface area (Å²) in [7, 11) is 0. The van der Waals surface area contributed by atoms with Crippen LogP contribution in [-0.2, 0) is 4.79 Å². The number of carboxylic acids is 1. The summed E-state index contributed by atoms with van der Waals surface area (Å²) in [5.41, 5.74) is 9.60. The summed E-state index contributed by atoms with van der Waals surface area (Å²) in [6.45, 7) is 0. The van der Waals surface area contributed by atoms with E-state index in [1.807, 2.05) is 12.1 Å². The van der Waals surface area contributed by atoms with Crippen LogP contribution in [0, 0.1) is 11.3 Å². The Morgan fingerprint density at radius 3 is 2.20 bits per heavy atom. The minimum Gasteiger partial charge on any atom is -0.477 e. The second kappa shape index (κ2) is 11.8. The fourth-order valence-corrected chi connectivity index (χ4v) is 7.65. The standard InChI is InChI=1S/C39H30N2O2S/c40-25-30(39(42)43)24-32-19-21-38(44-32)29-15-17-31(18-16-29)41-36-13-7-12-33(36)35-23-26(14-20-37(35)41)22-34(27-8-3-1-4-9-27)28-10-5-2-6-11-28/h1-6,8-11,14-24,33,36H,7,12-13H2,(H,42,43)/b30-24+. The molecular formula is C39H30N2O2S. The molecule has 4 nitrogen and oxygen atoms in total. The largest absolute Gasteiger partial charge is 0.477 e. The van der Waals surface area contributed by atoms with E-state index < -0.39 is 5.97 Å². The van der Waals surface area contributed by atoms with E-state index in [1.165, 1.54) is 75.9 Å². The predicted octanol–water partition coefficient (Wildman–Crippen LogP) is 9.78. The van der Waals surface area contributed by atoms with E-state index in [0.29, 0.717) is 12.0 Å². The Balaban J connectivity index is 1.20. The number of hydrogen-bond acceptors (Lipinski definition) is 4. The molecule has 1 aliphatic carbocycles. The summed E-state index contributed by atoms with van der Waals surface area (Å²) >= 11 is 1.48. The highest BCUT2D eigenvalue weighted by Crippen LogP contribution is 2.52. The SMILES string of the molecule is N#C/C(=C\c1ccc(-c2ccc(N3c4ccc(C=C(c5ccccc5)c5ccccc5)cc4C4CCCC43)cc2)s1)C(=O)O. The molecular weight excluding hydrogens is 561 g/mol. The maximum Gasteiger partial charge on any atom is 0.346 e. The molecule has 2 atom stereocenters. The maximum absolute atomic E-state index is 11.2. The van der Waals surface area contributed by atoms with Crippen molar-refractivity contribution in [2.24, 2.45) is 0 Å². The van der Waals surface area contributed by atoms with E-state index in [1.54, 1.807) is 6.07 Å². The number of hydrogen-bond donors (Lipinski definition) is 1. The van der Waals surface area contributed by atoms with E-state index in [4.69, 9.17) is 5.26 Å². The topological polar surface area (TPSA) is 64.3 Å². The molecule has 5 heteroatoms. The number of thiophene rings is 1. The molecule has 1 aliphatic heterocycles. The van der Waals surface area contributed by atoms with Crippen LogP contribution in [0.3, 0.4) is 0 Å². The van der Waals surface area contributed by atoms with Crippen LogP contribution in [-0.4, -0.2) is 17.1 Å². The molecule has 0 amide bonds. The van der Waals surface area contributed by atoms with Crippen LogP contribution in [0.5, 0.6) is 0 Å². The van der Waals surface area contributed by atoms with Crippen LogP contribution in [0.15, 0.2) is 121 Å². The second-order valence-electron chi connectivity index (χ2n) is 11.3. The Kier molecular flexibility index (Phi) is 7.43. The van der Waals surface area contributed by atoms with Gasteiger partial charge in [-0.1, -0.05) is 85.3 Å². The van der Waals surface area contributed by atoms with Crippen molar-refractivity contribution >= 4 is 46.4 Å². The summed E-state index contributed by atoms with van der Waals surface area (Å²) in [5.74, 6) is -0.691. The van der Waals surface area contributed by atoms with Crippen LogP contribution in [0.4, 0.5) is 11.4 Å². The van der Waals surface area contributed by atoms with Gasteiger partial charge in [0.25, 0.3) is 0 Å². The summed E-state index contributed by atoms with van der Waals surface area (Å²) in [6.07, 6.45) is 7.37. The van der Waals surface area contributed by atoms with Gasteiger partial charge in [-0.15, -0.1) is 11.3 Å². The Morgan fingerprint density at radius 2 is 1.55 bits per heavy atom. The van der Waals surface area contributed by atoms with Crippen molar-refractivity contribution in [3.63, 3.8) is 0 Å². The van der Waals surface area contributed by atoms with Crippen molar-refractivity contribution in [2.45, 2.75) is 31.2 Å². The molecule has 0 spiro atoms. The van der Waals surface area contributed by atoms with Gasteiger partial charge < -0.3 is 10.0 Å². The van der Waals surface area contributed by atoms with Crippen molar-refractivity contribution in [3.8, 4) is 16.5 Å². The molecule has 44 heavy (non-hydrogen) atoms. The molecule has 1 saturated carbocycles. The van der Waals surface area contributed by atoms with Crippen molar-refractivity contribution < 1.29 is 9.90 Å². The molecule has 214 valence electrons. The van der Waals surface area contributed by atoms with Crippen LogP contribution in [0.1, 0.15) is 52.3 Å². The summed E-state index contributed by atoms with van der Waals surface area (Å²) < 4.78 is 0. The summed E-state index contributed by atoms with van der Waals surface area (Å²) in [5, 5.41) is 18.3. The van der Waals surface area contributed by atoms with Gasteiger partial charge in [0, 0.05) is 33.1 Å². The minimum absolute atomic E-state index is 0.262. The third-order valence-corrected chi connectivity index (χ3v) is 9.78. The average Bonchev–Trinajstić information content (AvgIpc) is 3.80. The van der Waals surface area contributed by atoms with Crippen molar-refractivity contribution in [2.75, 3.05) is 4.90 Å². The molecule has 1 fully saturated rings. The number of fused-ring (bicyclic) bond motifs is 3. The van der Waals surface area contributed by atoms with Crippen LogP contribution >= 0.6 is 11.3 Å². The highest BCUT2D eigenvalue weighted by Gasteiger charge is 2.42. The first-order chi connectivity index (χ1) is 21.6. The molecule has 2 aliphatic rings. The molecule has 0 saturated heterocycles. The highest BCUT2D eigenvalue weighted by atomic mass is 32.1. The first-order valence-corrected chi connectivity index (χ1v) is 15.7. The number of aliphatic carboxylic acids is 1. The molecule has 1 N–H and O–H groups in total. The van der Waals surface area contributed by atoms with Gasteiger partial charge in [-0.3, -0.25) is 0 Å². The Bertz CT molecular complexity index is 1890. The minimum atomic E-state index is -1.21. The number of carbonyl (C=O) groups is 1. The van der Waals surface area contributed by atoms with Crippen molar-refractivity contribution in [1.29, 1.82) is 5.26 Å². The zero-order valence-corrected chi connectivity index (χ0v) is 24.9. The van der Waals surface area contributed by atoms with Crippen LogP contribution < -0.4 is 4.90 Å². The molecule has 2 heterocycles. The third-order valence-electron chi connectivity index (χ3n) is 8.70. The third kappa shape index (κ3) is 5.25. The van der Waals surface area contributed by atoms with Gasteiger partial charge in [0.2, 0.25) is 0 Å². The van der Waals surface area contributed by atoms with Crippen LogP contribution in [0.2, 0.25) is 0 Å². The van der Waals surface area contributed by atoms with E-state index >= 15 is 0 Å². The average molecular weight is 591 g/mol. The molecule has 1 aromatic heterocycles. The molecule has 2 unspecified atom stereocenters. The summed E-state index contributed by atoms with van der Waals surface area (Å²) in [4.78, 5) is 15.6. The van der Waals surface area contributed by atoms with Gasteiger partial charge in [0.05, 0.1) is 0 Å². The van der Waals surface area contributed by atoms with E-state index in [2.05, 4.69) is 114 Å². The van der Waals surface area contributed by atoms with Crippen molar-refractivity contribution in [1.82, 2.24) is 0 Å². The van der Waals surface area contributed by atoms with Gasteiger partial charge >= 0.3 is 5.97 Å². The van der Waals surface area contributed by atoms with E-state index in [0.717, 1.165) is 15.3 Å². The lowest BCUT2D eigenvalue weighted by Crippen LogP contribution is -2.26. The van der Waals surface area contributed by atoms with Gasteiger partial charge in [-0.05, 0) is 94.8 Å². The monoisotopic (exact) mass is 590 g/mol. The molecule has 0 radical (unpaired) electrons. The van der Waals surface area contributed by atoms with Gasteiger partial charge in [0.15, 0.2) is 0 Å². The van der Waals surface area contributed by atoms with Crippen LogP contribution in [0.25, 0.3) is 28.2 Å². The number of nitriles is 1. The van der Waals surface area contributed by atoms with E-state index in [9.17, 15) is 9.90 Å². The Labute approximate surface area is 261 Å². The number of carboxylic acid groups (broad SMARTS) is 1. The zero-order valence-electron chi connectivity index (χ0n) is 24.1. The normalized spacial score (nSPS) is 17.1. The van der Waals surface area contributed by atoms with Crippen molar-refractivity contribution in [3.05, 3.63) is 148 Å². The summed E-state index contributed by atoms with van der Waals surface area (Å²) in [6, 6.07) is 42.9. The molecule has 5 aromatic rings. The highest BCUT2D eigenvalue weighted by molar-refractivity contribution is 7.16. The Morgan fingerprint density at radius 1 is 0.841 bits per heavy atom. The molecule has 7 rings (SSSR count). The smallest absolute Gasteiger partial charge is 0.346 e. The second-order valence-corrected chi connectivity index (χ2v) is 12.4. The number of rotatable bonds is 7. The first-order valence-electron chi connectivity index (χ1n) is 14.9. The lowest BCUT2D eigenvalue weighted by atomic mass is 9.93. The fourth-order valence-electron chi connectivity index (χ4n) is 6.69.